The summed E-state index contributed by atoms with van der Waals surface area (Å²) in [5, 5.41) is 2.62. The summed E-state index contributed by atoms with van der Waals surface area (Å²) in [7, 11) is 0. The number of aldehydes is 1. The summed E-state index contributed by atoms with van der Waals surface area (Å²) in [4.78, 5) is 26.2. The summed E-state index contributed by atoms with van der Waals surface area (Å²) in [5.74, 6) is -0.189. The van der Waals surface area contributed by atoms with Crippen molar-refractivity contribution in [1.29, 1.82) is 0 Å². The lowest BCUT2D eigenvalue weighted by atomic mass is 9.91. The summed E-state index contributed by atoms with van der Waals surface area (Å²) in [6, 6.07) is 7.40. The molecule has 8 heteroatoms. The summed E-state index contributed by atoms with van der Waals surface area (Å²) in [5.41, 5.74) is 0.792. The summed E-state index contributed by atoms with van der Waals surface area (Å²) in [6.07, 6.45) is -2.00. The molecule has 1 aromatic heterocycles. The van der Waals surface area contributed by atoms with E-state index < -0.39 is 17.6 Å². The number of amides is 1. The molecule has 1 heterocycles. The molecule has 0 fully saturated rings. The molecule has 1 aliphatic carbocycles. The maximum absolute atomic E-state index is 12.6. The van der Waals surface area contributed by atoms with Crippen LogP contribution in [0.25, 0.3) is 0 Å². The Morgan fingerprint density at radius 3 is 2.58 bits per heavy atom. The van der Waals surface area contributed by atoms with Crippen molar-refractivity contribution in [2.45, 2.75) is 31.5 Å². The fraction of sp³-hybridized carbons (Fsp3) is 0.278. The van der Waals surface area contributed by atoms with Crippen LogP contribution in [0.2, 0.25) is 0 Å². The minimum Gasteiger partial charge on any atom is -0.439 e. The van der Waals surface area contributed by atoms with E-state index in [-0.39, 0.29) is 24.0 Å². The maximum Gasteiger partial charge on any atom is 0.416 e. The molecule has 0 aliphatic heterocycles. The predicted molar refractivity (Wildman–Crippen MR) is 85.6 cm³/mol. The largest absolute Gasteiger partial charge is 0.439 e. The summed E-state index contributed by atoms with van der Waals surface area (Å²) >= 11 is 0. The fourth-order valence-electron chi connectivity index (χ4n) is 2.88. The molecule has 1 amide bonds. The first-order valence-corrected chi connectivity index (χ1v) is 7.97. The third-order valence-corrected chi connectivity index (χ3v) is 4.09. The number of hydrogen-bond acceptors (Lipinski definition) is 4. The Bertz CT molecular complexity index is 819. The van der Waals surface area contributed by atoms with E-state index in [1.807, 2.05) is 0 Å². The fourth-order valence-corrected chi connectivity index (χ4v) is 2.88. The highest BCUT2D eigenvalue weighted by molar-refractivity contribution is 6.23. The smallest absolute Gasteiger partial charge is 0.416 e. The van der Waals surface area contributed by atoms with Crippen molar-refractivity contribution in [3.63, 3.8) is 0 Å². The number of carbonyl (C=O) groups is 2. The molecular formula is C18H15F3N2O3. The molecule has 0 spiro atoms. The number of fused-ring (bicyclic) bond motifs is 1. The number of benzene rings is 1. The Kier molecular flexibility index (Phi) is 4.92. The van der Waals surface area contributed by atoms with E-state index in [1.54, 1.807) is 12.1 Å². The molecule has 1 N–H and O–H groups in total. The van der Waals surface area contributed by atoms with Gasteiger partial charge in [-0.3, -0.25) is 9.59 Å². The highest BCUT2D eigenvalue weighted by Gasteiger charge is 2.30. The van der Waals surface area contributed by atoms with E-state index >= 15 is 0 Å². The van der Waals surface area contributed by atoms with Gasteiger partial charge in [-0.15, -0.1) is 0 Å². The molecule has 2 aromatic rings. The van der Waals surface area contributed by atoms with Gasteiger partial charge in [-0.05, 0) is 55.2 Å². The quantitative estimate of drug-likeness (QED) is 0.665. The molecule has 136 valence electrons. The zero-order chi connectivity index (χ0) is 18.7. The number of halogens is 3. The molecular weight excluding hydrogens is 349 g/mol. The minimum atomic E-state index is -4.40. The van der Waals surface area contributed by atoms with Gasteiger partial charge in [0, 0.05) is 11.8 Å². The third kappa shape index (κ3) is 4.01. The number of aryl methyl sites for hydroxylation is 1. The zero-order valence-electron chi connectivity index (χ0n) is 13.5. The molecule has 26 heavy (non-hydrogen) atoms. The number of pyridine rings is 1. The number of rotatable bonds is 4. The number of carbonyl (C=O) groups excluding carboxylic acids is 2. The van der Waals surface area contributed by atoms with Gasteiger partial charge in [0.25, 0.3) is 5.91 Å². The van der Waals surface area contributed by atoms with Crippen molar-refractivity contribution in [2.75, 3.05) is 0 Å². The molecule has 0 radical (unpaired) electrons. The Morgan fingerprint density at radius 2 is 1.92 bits per heavy atom. The first-order chi connectivity index (χ1) is 12.4. The second-order valence-corrected chi connectivity index (χ2v) is 5.88. The molecule has 0 saturated heterocycles. The van der Waals surface area contributed by atoms with E-state index in [9.17, 15) is 22.8 Å². The van der Waals surface area contributed by atoms with Crippen molar-refractivity contribution < 1.29 is 27.5 Å². The second kappa shape index (κ2) is 7.15. The van der Waals surface area contributed by atoms with Gasteiger partial charge in [0.15, 0.2) is 0 Å². The highest BCUT2D eigenvalue weighted by atomic mass is 19.4. The van der Waals surface area contributed by atoms with Crippen LogP contribution in [-0.2, 0) is 22.2 Å². The zero-order valence-corrected chi connectivity index (χ0v) is 13.5. The van der Waals surface area contributed by atoms with Gasteiger partial charge in [0.1, 0.15) is 5.75 Å². The molecule has 1 aliphatic rings. The van der Waals surface area contributed by atoms with Gasteiger partial charge in [-0.2, -0.15) is 13.2 Å². The molecule has 1 aromatic carbocycles. The van der Waals surface area contributed by atoms with Crippen LogP contribution in [0.4, 0.5) is 13.2 Å². The molecule has 3 rings (SSSR count). The van der Waals surface area contributed by atoms with Crippen molar-refractivity contribution in [2.24, 2.45) is 0 Å². The van der Waals surface area contributed by atoms with E-state index in [0.29, 0.717) is 12.8 Å². The molecule has 0 bridgehead atoms. The van der Waals surface area contributed by atoms with Crippen LogP contribution in [0, 0.1) is 0 Å². The Hall–Kier alpha value is -2.90. The standard InChI is InChI=1S/C18H15F3N2O3/c19-18(20,21)11-4-6-12(7-5-11)26-17-9-8-13-14(22-16(25)10-24)2-1-3-15(13)23-17/h4-10,14H,1-3H2,(H,22,25). The van der Waals surface area contributed by atoms with Gasteiger partial charge in [0.2, 0.25) is 12.2 Å². The first-order valence-electron chi connectivity index (χ1n) is 7.97. The Morgan fingerprint density at radius 1 is 1.19 bits per heavy atom. The Balaban J connectivity index is 1.76. The summed E-state index contributed by atoms with van der Waals surface area (Å²) in [6.45, 7) is 0. The average molecular weight is 364 g/mol. The van der Waals surface area contributed by atoms with Crippen molar-refractivity contribution in [3.8, 4) is 11.6 Å². The second-order valence-electron chi connectivity index (χ2n) is 5.88. The maximum atomic E-state index is 12.6. The SMILES string of the molecule is O=CC(=O)NC1CCCc2nc(Oc3ccc(C(F)(F)F)cc3)ccc21. The van der Waals surface area contributed by atoms with Gasteiger partial charge < -0.3 is 10.1 Å². The van der Waals surface area contributed by atoms with Crippen LogP contribution in [-0.4, -0.2) is 17.2 Å². The topological polar surface area (TPSA) is 68.3 Å². The lowest BCUT2D eigenvalue weighted by molar-refractivity contribution is -0.137. The first kappa shape index (κ1) is 17.9. The van der Waals surface area contributed by atoms with E-state index in [0.717, 1.165) is 29.8 Å². The highest BCUT2D eigenvalue weighted by Crippen LogP contribution is 2.33. The lowest BCUT2D eigenvalue weighted by Gasteiger charge is -2.25. The van der Waals surface area contributed by atoms with E-state index in [1.165, 1.54) is 12.1 Å². The predicted octanol–water partition coefficient (Wildman–Crippen LogP) is 3.59. The van der Waals surface area contributed by atoms with Gasteiger partial charge >= 0.3 is 6.18 Å². The lowest BCUT2D eigenvalue weighted by Crippen LogP contribution is -2.31. The van der Waals surface area contributed by atoms with Crippen molar-refractivity contribution in [3.05, 3.63) is 53.2 Å². The van der Waals surface area contributed by atoms with Gasteiger partial charge in [-0.25, -0.2) is 4.98 Å². The number of aromatic nitrogens is 1. The van der Waals surface area contributed by atoms with Crippen molar-refractivity contribution in [1.82, 2.24) is 10.3 Å². The molecule has 1 unspecified atom stereocenters. The number of nitrogens with one attached hydrogen (secondary N) is 1. The van der Waals surface area contributed by atoms with Crippen LogP contribution >= 0.6 is 0 Å². The van der Waals surface area contributed by atoms with Crippen LogP contribution in [0.15, 0.2) is 36.4 Å². The van der Waals surface area contributed by atoms with E-state index in [4.69, 9.17) is 4.74 Å². The molecule has 1 atom stereocenters. The van der Waals surface area contributed by atoms with Gasteiger partial charge in [0.05, 0.1) is 11.6 Å². The van der Waals surface area contributed by atoms with Gasteiger partial charge in [-0.1, -0.05) is 0 Å². The monoisotopic (exact) mass is 364 g/mol. The number of nitrogens with zero attached hydrogens (tertiary/aromatic N) is 1. The van der Waals surface area contributed by atoms with Crippen molar-refractivity contribution >= 4 is 12.2 Å². The van der Waals surface area contributed by atoms with Crippen LogP contribution in [0.3, 0.4) is 0 Å². The minimum absolute atomic E-state index is 0.226. The van der Waals surface area contributed by atoms with Crippen LogP contribution in [0.5, 0.6) is 11.6 Å². The molecule has 5 nitrogen and oxygen atoms in total. The molecule has 0 saturated carbocycles. The number of hydrogen-bond donors (Lipinski definition) is 1. The summed E-state index contributed by atoms with van der Waals surface area (Å²) < 4.78 is 43.3. The Labute approximate surface area is 147 Å². The van der Waals surface area contributed by atoms with E-state index in [2.05, 4.69) is 10.3 Å². The van der Waals surface area contributed by atoms with Crippen LogP contribution < -0.4 is 10.1 Å². The average Bonchev–Trinajstić information content (AvgIpc) is 2.61. The van der Waals surface area contributed by atoms with Crippen LogP contribution in [0.1, 0.15) is 35.7 Å². The number of ether oxygens (including phenoxy) is 1. The third-order valence-electron chi connectivity index (χ3n) is 4.09. The normalized spacial score (nSPS) is 16.5. The number of alkyl halides is 3.